The van der Waals surface area contributed by atoms with Gasteiger partial charge in [-0.1, -0.05) is 17.4 Å². The molecule has 0 fully saturated rings. The molecule has 0 bridgehead atoms. The summed E-state index contributed by atoms with van der Waals surface area (Å²) in [6.07, 6.45) is 1.55. The van der Waals surface area contributed by atoms with Crippen LogP contribution in [0.25, 0.3) is 0 Å². The van der Waals surface area contributed by atoms with E-state index in [9.17, 15) is 9.59 Å². The molecular weight excluding hydrogens is 370 g/mol. The second kappa shape index (κ2) is 7.75. The second-order valence-electron chi connectivity index (χ2n) is 7.17. The Bertz CT molecular complexity index is 778. The first-order valence-electron chi connectivity index (χ1n) is 8.59. The van der Waals surface area contributed by atoms with Gasteiger partial charge in [-0.3, -0.25) is 4.79 Å². The van der Waals surface area contributed by atoms with Crippen LogP contribution in [0.2, 0.25) is 0 Å². The minimum absolute atomic E-state index is 0.0338. The molecular formula is C18H23N3O3S2. The molecule has 6 nitrogen and oxygen atoms in total. The van der Waals surface area contributed by atoms with Crippen molar-refractivity contribution in [2.24, 2.45) is 0 Å². The molecule has 2 amide bonds. The maximum Gasteiger partial charge on any atom is 0.410 e. The lowest BCUT2D eigenvalue weighted by molar-refractivity contribution is -0.116. The summed E-state index contributed by atoms with van der Waals surface area (Å²) in [5.41, 5.74) is 0.454. The summed E-state index contributed by atoms with van der Waals surface area (Å²) >= 11 is 3.09. The number of aromatic nitrogens is 1. The van der Waals surface area contributed by atoms with Crippen LogP contribution in [-0.4, -0.2) is 34.0 Å². The van der Waals surface area contributed by atoms with Gasteiger partial charge in [-0.2, -0.15) is 0 Å². The van der Waals surface area contributed by atoms with Crippen LogP contribution in [0.3, 0.4) is 0 Å². The number of hydrogen-bond donors (Lipinski definition) is 1. The third kappa shape index (κ3) is 5.04. The number of thiophene rings is 1. The van der Waals surface area contributed by atoms with Crippen molar-refractivity contribution in [2.75, 3.05) is 11.9 Å². The first-order chi connectivity index (χ1) is 12.3. The van der Waals surface area contributed by atoms with Gasteiger partial charge in [0.25, 0.3) is 0 Å². The van der Waals surface area contributed by atoms with Gasteiger partial charge in [-0.25, -0.2) is 9.78 Å². The standard InChI is InChI=1S/C18H23N3O3S2/c1-18(2,3)24-17(23)21-9-8-13-14(11-21)26-16(19-13)20-15(22)7-6-12-5-4-10-25-12/h4-5,10H,6-9,11H2,1-3H3,(H,19,20,22). The maximum atomic E-state index is 12.2. The molecule has 0 unspecified atom stereocenters. The maximum absolute atomic E-state index is 12.2. The molecule has 0 atom stereocenters. The Morgan fingerprint density at radius 1 is 1.38 bits per heavy atom. The molecule has 2 aromatic rings. The molecule has 140 valence electrons. The predicted molar refractivity (Wildman–Crippen MR) is 104 cm³/mol. The molecule has 26 heavy (non-hydrogen) atoms. The molecule has 2 aromatic heterocycles. The molecule has 0 aromatic carbocycles. The van der Waals surface area contributed by atoms with Crippen molar-refractivity contribution in [1.29, 1.82) is 0 Å². The summed E-state index contributed by atoms with van der Waals surface area (Å²) in [5, 5.41) is 5.50. The third-order valence-corrected chi connectivity index (χ3v) is 5.74. The summed E-state index contributed by atoms with van der Waals surface area (Å²) in [4.78, 5) is 32.8. The zero-order valence-corrected chi connectivity index (χ0v) is 16.8. The number of fused-ring (bicyclic) bond motifs is 1. The summed E-state index contributed by atoms with van der Waals surface area (Å²) in [7, 11) is 0. The van der Waals surface area contributed by atoms with Crippen molar-refractivity contribution in [2.45, 2.75) is 52.2 Å². The number of rotatable bonds is 4. The first kappa shape index (κ1) is 18.8. The Morgan fingerprint density at radius 3 is 2.88 bits per heavy atom. The monoisotopic (exact) mass is 393 g/mol. The number of hydrogen-bond acceptors (Lipinski definition) is 6. The number of ether oxygens (including phenoxy) is 1. The Kier molecular flexibility index (Phi) is 5.62. The Balaban J connectivity index is 1.55. The van der Waals surface area contributed by atoms with Crippen molar-refractivity contribution in [1.82, 2.24) is 9.88 Å². The SMILES string of the molecule is CC(C)(C)OC(=O)N1CCc2nc(NC(=O)CCc3cccs3)sc2C1. The predicted octanol–water partition coefficient (Wildman–Crippen LogP) is 4.07. The highest BCUT2D eigenvalue weighted by molar-refractivity contribution is 7.15. The van der Waals surface area contributed by atoms with E-state index in [1.165, 1.54) is 16.2 Å². The number of amides is 2. The topological polar surface area (TPSA) is 71.5 Å². The Morgan fingerprint density at radius 2 is 2.19 bits per heavy atom. The fourth-order valence-electron chi connectivity index (χ4n) is 2.60. The lowest BCUT2D eigenvalue weighted by Gasteiger charge is -2.29. The van der Waals surface area contributed by atoms with Crippen molar-refractivity contribution < 1.29 is 14.3 Å². The minimum Gasteiger partial charge on any atom is -0.444 e. The molecule has 0 aliphatic carbocycles. The van der Waals surface area contributed by atoms with Crippen LogP contribution in [0.4, 0.5) is 9.93 Å². The van der Waals surface area contributed by atoms with Crippen LogP contribution in [0.5, 0.6) is 0 Å². The Labute approximate surface area is 161 Å². The molecule has 0 radical (unpaired) electrons. The van der Waals surface area contributed by atoms with E-state index in [1.54, 1.807) is 16.2 Å². The summed E-state index contributed by atoms with van der Waals surface area (Å²) in [5.74, 6) is -0.0338. The van der Waals surface area contributed by atoms with Crippen molar-refractivity contribution >= 4 is 39.8 Å². The fraction of sp³-hybridized carbons (Fsp3) is 0.500. The lowest BCUT2D eigenvalue weighted by atomic mass is 10.2. The van der Waals surface area contributed by atoms with Crippen molar-refractivity contribution in [3.8, 4) is 0 Å². The van der Waals surface area contributed by atoms with E-state index in [2.05, 4.69) is 10.3 Å². The van der Waals surface area contributed by atoms with E-state index >= 15 is 0 Å². The van der Waals surface area contributed by atoms with E-state index in [4.69, 9.17) is 4.74 Å². The molecule has 0 saturated heterocycles. The normalized spacial score (nSPS) is 14.0. The third-order valence-electron chi connectivity index (χ3n) is 3.81. The molecule has 3 heterocycles. The van der Waals surface area contributed by atoms with Gasteiger partial charge in [-0.05, 0) is 38.6 Å². The average Bonchev–Trinajstić information content (AvgIpc) is 3.19. The van der Waals surface area contributed by atoms with E-state index in [0.717, 1.165) is 17.0 Å². The quantitative estimate of drug-likeness (QED) is 0.850. The van der Waals surface area contributed by atoms with Crippen LogP contribution < -0.4 is 5.32 Å². The summed E-state index contributed by atoms with van der Waals surface area (Å²) in [6, 6.07) is 4.02. The van der Waals surface area contributed by atoms with Gasteiger partial charge in [0.05, 0.1) is 12.2 Å². The van der Waals surface area contributed by atoms with Crippen molar-refractivity contribution in [3.63, 3.8) is 0 Å². The van der Waals surface area contributed by atoms with Crippen LogP contribution in [0.1, 0.15) is 42.6 Å². The van der Waals surface area contributed by atoms with Gasteiger partial charge in [-0.15, -0.1) is 11.3 Å². The van der Waals surface area contributed by atoms with Gasteiger partial charge < -0.3 is 15.0 Å². The van der Waals surface area contributed by atoms with Gasteiger partial charge in [0.15, 0.2) is 5.13 Å². The number of carbonyl (C=O) groups excluding carboxylic acids is 2. The minimum atomic E-state index is -0.507. The van der Waals surface area contributed by atoms with Crippen LogP contribution >= 0.6 is 22.7 Å². The van der Waals surface area contributed by atoms with E-state index in [-0.39, 0.29) is 12.0 Å². The lowest BCUT2D eigenvalue weighted by Crippen LogP contribution is -2.39. The smallest absolute Gasteiger partial charge is 0.410 e. The molecule has 1 N–H and O–H groups in total. The highest BCUT2D eigenvalue weighted by Crippen LogP contribution is 2.29. The Hall–Kier alpha value is -1.93. The molecule has 1 aliphatic rings. The number of thiazole rings is 1. The summed E-state index contributed by atoms with van der Waals surface area (Å²) < 4.78 is 5.43. The molecule has 3 rings (SSSR count). The average molecular weight is 394 g/mol. The van der Waals surface area contributed by atoms with Crippen LogP contribution in [-0.2, 0) is 28.9 Å². The van der Waals surface area contributed by atoms with E-state index < -0.39 is 5.60 Å². The molecule has 1 aliphatic heterocycles. The number of aryl methyl sites for hydroxylation is 1. The zero-order valence-electron chi connectivity index (χ0n) is 15.2. The van der Waals surface area contributed by atoms with Crippen LogP contribution in [0, 0.1) is 0 Å². The van der Waals surface area contributed by atoms with E-state index in [0.29, 0.717) is 31.1 Å². The summed E-state index contributed by atoms with van der Waals surface area (Å²) in [6.45, 7) is 6.63. The van der Waals surface area contributed by atoms with Crippen LogP contribution in [0.15, 0.2) is 17.5 Å². The largest absolute Gasteiger partial charge is 0.444 e. The highest BCUT2D eigenvalue weighted by atomic mass is 32.1. The zero-order chi connectivity index (χ0) is 18.7. The van der Waals surface area contributed by atoms with Gasteiger partial charge in [0, 0.05) is 29.1 Å². The van der Waals surface area contributed by atoms with Gasteiger partial charge in [0.1, 0.15) is 5.60 Å². The molecule has 8 heteroatoms. The molecule has 0 saturated carbocycles. The van der Waals surface area contributed by atoms with E-state index in [1.807, 2.05) is 38.3 Å². The van der Waals surface area contributed by atoms with Gasteiger partial charge in [0.2, 0.25) is 5.91 Å². The van der Waals surface area contributed by atoms with Gasteiger partial charge >= 0.3 is 6.09 Å². The molecule has 0 spiro atoms. The number of nitrogens with one attached hydrogen (secondary N) is 1. The second-order valence-corrected chi connectivity index (χ2v) is 9.28. The number of carbonyl (C=O) groups is 2. The first-order valence-corrected chi connectivity index (χ1v) is 10.3. The van der Waals surface area contributed by atoms with Crippen molar-refractivity contribution in [3.05, 3.63) is 33.0 Å². The highest BCUT2D eigenvalue weighted by Gasteiger charge is 2.28. The number of anilines is 1. The number of nitrogens with zero attached hydrogens (tertiary/aromatic N) is 2. The fourth-order valence-corrected chi connectivity index (χ4v) is 4.35.